The first kappa shape index (κ1) is 16.5. The Morgan fingerprint density at radius 2 is 1.75 bits per heavy atom. The minimum atomic E-state index is -1.48. The molecule has 24 heavy (non-hydrogen) atoms. The molecule has 0 aromatic carbocycles. The van der Waals surface area contributed by atoms with E-state index in [4.69, 9.17) is 0 Å². The molecule has 3 N–H and O–H groups in total. The lowest BCUT2D eigenvalue weighted by molar-refractivity contribution is -0.131. The van der Waals surface area contributed by atoms with E-state index in [1.807, 2.05) is 0 Å². The Labute approximate surface area is 143 Å². The van der Waals surface area contributed by atoms with E-state index in [1.54, 1.807) is 6.92 Å². The van der Waals surface area contributed by atoms with Crippen LogP contribution in [0.2, 0.25) is 0 Å². The fraction of sp³-hybridized carbons (Fsp3) is 0.750. The average Bonchev–Trinajstić information content (AvgIpc) is 2.97. The zero-order chi connectivity index (χ0) is 17.8. The molecule has 0 aromatic rings. The molecule has 4 heteroatoms. The predicted molar refractivity (Wildman–Crippen MR) is 90.0 cm³/mol. The van der Waals surface area contributed by atoms with Gasteiger partial charge >= 0.3 is 0 Å². The molecule has 4 aliphatic carbocycles. The Hall–Kier alpha value is -0.970. The van der Waals surface area contributed by atoms with E-state index in [-0.39, 0.29) is 35.4 Å². The maximum Gasteiger partial charge on any atom is 0.191 e. The van der Waals surface area contributed by atoms with Crippen molar-refractivity contribution in [3.8, 4) is 0 Å². The van der Waals surface area contributed by atoms with Gasteiger partial charge in [0, 0.05) is 23.8 Å². The van der Waals surface area contributed by atoms with Gasteiger partial charge in [-0.05, 0) is 49.5 Å². The van der Waals surface area contributed by atoms with Crippen LogP contribution in [-0.4, -0.2) is 38.4 Å². The first-order valence-electron chi connectivity index (χ1n) is 9.00. The summed E-state index contributed by atoms with van der Waals surface area (Å²) in [5.74, 6) is -0.0169. The van der Waals surface area contributed by atoms with Gasteiger partial charge in [-0.1, -0.05) is 26.0 Å². The number of hydrogen-bond acceptors (Lipinski definition) is 4. The van der Waals surface area contributed by atoms with Gasteiger partial charge in [0.15, 0.2) is 5.78 Å². The van der Waals surface area contributed by atoms with Crippen molar-refractivity contribution < 1.29 is 20.1 Å². The Bertz CT molecular complexity index is 682. The maximum absolute atomic E-state index is 12.9. The normalized spacial score (nSPS) is 52.5. The van der Waals surface area contributed by atoms with Crippen molar-refractivity contribution >= 4 is 5.78 Å². The van der Waals surface area contributed by atoms with Crippen LogP contribution in [0.15, 0.2) is 23.3 Å². The third kappa shape index (κ3) is 1.77. The lowest BCUT2D eigenvalue weighted by Gasteiger charge is -2.47. The van der Waals surface area contributed by atoms with Gasteiger partial charge in [-0.25, -0.2) is 0 Å². The predicted octanol–water partition coefficient (Wildman–Crippen LogP) is 1.99. The maximum atomic E-state index is 12.9. The number of ketones is 1. The van der Waals surface area contributed by atoms with E-state index in [2.05, 4.69) is 20.4 Å². The van der Waals surface area contributed by atoms with Gasteiger partial charge in [-0.15, -0.1) is 0 Å². The summed E-state index contributed by atoms with van der Waals surface area (Å²) < 4.78 is 0. The minimum absolute atomic E-state index is 0.104. The summed E-state index contributed by atoms with van der Waals surface area (Å²) in [6, 6.07) is 0. The van der Waals surface area contributed by atoms with Crippen LogP contribution in [0.4, 0.5) is 0 Å². The molecule has 0 spiro atoms. The number of hydrogen-bond donors (Lipinski definition) is 3. The molecule has 0 amide bonds. The number of aliphatic hydroxyl groups is 3. The third-order valence-corrected chi connectivity index (χ3v) is 7.59. The number of aliphatic hydroxyl groups excluding tert-OH is 1. The molecule has 0 unspecified atom stereocenters. The largest absolute Gasteiger partial charge is 0.387 e. The average molecular weight is 332 g/mol. The van der Waals surface area contributed by atoms with Gasteiger partial charge in [0.1, 0.15) is 11.7 Å². The van der Waals surface area contributed by atoms with Crippen LogP contribution in [0.25, 0.3) is 0 Å². The number of fused-ring (bicyclic) bond motifs is 4. The summed E-state index contributed by atoms with van der Waals surface area (Å²) in [5, 5.41) is 32.7. The van der Waals surface area contributed by atoms with Crippen molar-refractivity contribution in [2.75, 3.05) is 0 Å². The molecule has 4 nitrogen and oxygen atoms in total. The van der Waals surface area contributed by atoms with E-state index in [0.29, 0.717) is 17.1 Å². The molecule has 132 valence electrons. The second kappa shape index (κ2) is 4.40. The zero-order valence-corrected chi connectivity index (χ0v) is 15.0. The highest BCUT2D eigenvalue weighted by Gasteiger charge is 2.70. The second-order valence-electron chi connectivity index (χ2n) is 9.50. The second-order valence-corrected chi connectivity index (χ2v) is 9.50. The van der Waals surface area contributed by atoms with Crippen LogP contribution in [-0.2, 0) is 4.79 Å². The van der Waals surface area contributed by atoms with Crippen LogP contribution in [0.3, 0.4) is 0 Å². The molecule has 0 aliphatic heterocycles. The number of Topliss-reactive ketones (excluding diaryl/α,β-unsaturated/α-hetero) is 1. The zero-order valence-electron chi connectivity index (χ0n) is 15.0. The molecule has 0 aromatic heterocycles. The Kier molecular flexibility index (Phi) is 3.03. The summed E-state index contributed by atoms with van der Waals surface area (Å²) in [7, 11) is 0. The van der Waals surface area contributed by atoms with Crippen molar-refractivity contribution in [2.24, 2.45) is 29.1 Å². The highest BCUT2D eigenvalue weighted by molar-refractivity contribution is 6.06. The van der Waals surface area contributed by atoms with Crippen molar-refractivity contribution in [3.63, 3.8) is 0 Å². The molecule has 4 rings (SSSR count). The summed E-state index contributed by atoms with van der Waals surface area (Å²) in [6.45, 7) is 11.9. The Morgan fingerprint density at radius 1 is 1.12 bits per heavy atom. The molecule has 7 atom stereocenters. The van der Waals surface area contributed by atoms with E-state index < -0.39 is 17.3 Å². The smallest absolute Gasteiger partial charge is 0.191 e. The first-order valence-corrected chi connectivity index (χ1v) is 9.00. The van der Waals surface area contributed by atoms with Gasteiger partial charge in [-0.3, -0.25) is 4.79 Å². The topological polar surface area (TPSA) is 77.8 Å². The Morgan fingerprint density at radius 3 is 2.38 bits per heavy atom. The van der Waals surface area contributed by atoms with Crippen LogP contribution in [0.1, 0.15) is 47.0 Å². The molecule has 2 saturated carbocycles. The molecular formula is C20H28O4. The molecule has 0 radical (unpaired) electrons. The van der Waals surface area contributed by atoms with E-state index in [1.165, 1.54) is 6.92 Å². The van der Waals surface area contributed by atoms with E-state index in [9.17, 15) is 20.1 Å². The number of allylic oxidation sites excluding steroid dienone is 1. The molecular weight excluding hydrogens is 304 g/mol. The van der Waals surface area contributed by atoms with Crippen LogP contribution < -0.4 is 0 Å². The van der Waals surface area contributed by atoms with Crippen molar-refractivity contribution in [2.45, 2.75) is 64.3 Å². The summed E-state index contributed by atoms with van der Waals surface area (Å²) in [4.78, 5) is 12.9. The highest BCUT2D eigenvalue weighted by atomic mass is 16.3. The van der Waals surface area contributed by atoms with Crippen LogP contribution in [0.5, 0.6) is 0 Å². The van der Waals surface area contributed by atoms with Gasteiger partial charge in [0.05, 0.1) is 5.60 Å². The van der Waals surface area contributed by atoms with Gasteiger partial charge in [0.25, 0.3) is 0 Å². The highest BCUT2D eigenvalue weighted by Crippen LogP contribution is 2.71. The quantitative estimate of drug-likeness (QED) is 0.593. The number of rotatable bonds is 0. The number of carbonyl (C=O) groups excluding carboxylic acids is 1. The Balaban J connectivity index is 1.91. The fourth-order valence-corrected chi connectivity index (χ4v) is 6.20. The van der Waals surface area contributed by atoms with Gasteiger partial charge < -0.3 is 15.3 Å². The monoisotopic (exact) mass is 332 g/mol. The summed E-state index contributed by atoms with van der Waals surface area (Å²) in [6.07, 6.45) is 0.856. The third-order valence-electron chi connectivity index (χ3n) is 7.59. The van der Waals surface area contributed by atoms with E-state index in [0.717, 1.165) is 18.4 Å². The SMILES string of the molecule is C=C1CC[C@@H]2[C@H]([C@H]3[C@H]1C1=C(C[C@@](C)(O)C1=O)[C@@H](O)[C@]3(C)O)C2(C)C. The fourth-order valence-electron chi connectivity index (χ4n) is 6.20. The van der Waals surface area contributed by atoms with Gasteiger partial charge in [-0.2, -0.15) is 0 Å². The van der Waals surface area contributed by atoms with Crippen LogP contribution in [0, 0.1) is 29.1 Å². The molecule has 0 heterocycles. The summed E-state index contributed by atoms with van der Waals surface area (Å²) >= 11 is 0. The lowest BCUT2D eigenvalue weighted by atomic mass is 9.61. The van der Waals surface area contributed by atoms with Crippen molar-refractivity contribution in [3.05, 3.63) is 23.3 Å². The summed E-state index contributed by atoms with van der Waals surface area (Å²) in [5.41, 5.74) is -0.661. The van der Waals surface area contributed by atoms with Gasteiger partial charge in [0.2, 0.25) is 0 Å². The lowest BCUT2D eigenvalue weighted by Crippen LogP contribution is -2.55. The standard InChI is InChI=1S/C20H28O4/c1-9-6-7-11-14(18(11,2)3)15-12(9)13-10(16(21)20(15,5)24)8-19(4,23)17(13)22/h11-12,14-16,21,23-24H,1,6-8H2,2-5H3/t11-,12-,14-,15-,16-,19-,20-/m1/s1. The van der Waals surface area contributed by atoms with Crippen molar-refractivity contribution in [1.82, 2.24) is 0 Å². The van der Waals surface area contributed by atoms with E-state index >= 15 is 0 Å². The molecule has 4 aliphatic rings. The number of carbonyl (C=O) groups is 1. The molecule has 0 saturated heterocycles. The van der Waals surface area contributed by atoms with Crippen LogP contribution >= 0.6 is 0 Å². The minimum Gasteiger partial charge on any atom is -0.387 e. The van der Waals surface area contributed by atoms with Crippen molar-refractivity contribution in [1.29, 1.82) is 0 Å². The molecule has 2 fully saturated rings. The molecule has 0 bridgehead atoms. The first-order chi connectivity index (χ1) is 10.9.